The van der Waals surface area contributed by atoms with Crippen molar-refractivity contribution < 1.29 is 27.3 Å². The zero-order chi connectivity index (χ0) is 20.3. The average molecular weight is 397 g/mol. The fourth-order valence-corrected chi connectivity index (χ4v) is 3.49. The molecule has 1 fully saturated rings. The van der Waals surface area contributed by atoms with Gasteiger partial charge < -0.3 is 9.42 Å². The molecule has 28 heavy (non-hydrogen) atoms. The number of alkyl halides is 3. The summed E-state index contributed by atoms with van der Waals surface area (Å²) in [6.07, 6.45) is -0.702. The molecule has 152 valence electrons. The third-order valence-corrected chi connectivity index (χ3v) is 4.88. The molecule has 3 amide bonds. The maximum absolute atomic E-state index is 13.1. The topological polar surface area (TPSA) is 75.4 Å². The molecule has 0 saturated carbocycles. The Hall–Kier alpha value is -2.58. The summed E-state index contributed by atoms with van der Waals surface area (Å²) < 4.78 is 44.3. The van der Waals surface area contributed by atoms with Crippen LogP contribution in [0.3, 0.4) is 0 Å². The molecule has 1 aliphatic heterocycles. The van der Waals surface area contributed by atoms with Crippen LogP contribution in [0.4, 0.5) is 18.0 Å². The van der Waals surface area contributed by atoms with E-state index in [1.165, 1.54) is 6.07 Å². The number of aromatic nitrogens is 1. The van der Waals surface area contributed by atoms with Crippen LogP contribution >= 0.6 is 0 Å². The van der Waals surface area contributed by atoms with Gasteiger partial charge in [0.05, 0.1) is 5.39 Å². The van der Waals surface area contributed by atoms with Crippen LogP contribution in [0.15, 0.2) is 16.7 Å². The van der Waals surface area contributed by atoms with Gasteiger partial charge in [-0.2, -0.15) is 13.2 Å². The van der Waals surface area contributed by atoms with Crippen LogP contribution in [-0.4, -0.2) is 35.1 Å². The number of carbonyl (C=O) groups is 2. The number of benzene rings is 1. The van der Waals surface area contributed by atoms with Crippen LogP contribution in [0.2, 0.25) is 0 Å². The lowest BCUT2D eigenvalue weighted by Gasteiger charge is -2.26. The highest BCUT2D eigenvalue weighted by Gasteiger charge is 2.37. The first-order valence-electron chi connectivity index (χ1n) is 9.37. The van der Waals surface area contributed by atoms with Crippen molar-refractivity contribution in [1.29, 1.82) is 0 Å². The van der Waals surface area contributed by atoms with Gasteiger partial charge in [-0.3, -0.25) is 10.1 Å². The van der Waals surface area contributed by atoms with Crippen molar-refractivity contribution in [3.63, 3.8) is 0 Å². The molecule has 9 heteroatoms. The molecule has 0 unspecified atom stereocenters. The third kappa shape index (κ3) is 4.28. The van der Waals surface area contributed by atoms with Crippen molar-refractivity contribution in [2.24, 2.45) is 0 Å². The number of amides is 3. The number of imide groups is 1. The van der Waals surface area contributed by atoms with Gasteiger partial charge in [-0.15, -0.1) is 0 Å². The van der Waals surface area contributed by atoms with Gasteiger partial charge >= 0.3 is 12.2 Å². The van der Waals surface area contributed by atoms with E-state index < -0.39 is 11.9 Å². The molecular weight excluding hydrogens is 375 g/mol. The summed E-state index contributed by atoms with van der Waals surface area (Å²) in [4.78, 5) is 24.5. The van der Waals surface area contributed by atoms with E-state index in [2.05, 4.69) is 10.5 Å². The molecule has 0 atom stereocenters. The standard InChI is InChI=1S/C19H22F3N3O3/c1-2-5-13-12(6-3-4-10-25-11-9-15(26)23-18(25)27)7-8-14-16(13)28-24-17(14)19(20,21)22/h7-8H,2-6,9-11H2,1H3,(H,23,26,27). The number of rotatable bonds is 7. The highest BCUT2D eigenvalue weighted by molar-refractivity contribution is 5.96. The Morgan fingerprint density at radius 2 is 2.00 bits per heavy atom. The second-order valence-corrected chi connectivity index (χ2v) is 6.91. The number of unbranched alkanes of at least 4 members (excludes halogenated alkanes) is 1. The second-order valence-electron chi connectivity index (χ2n) is 6.91. The van der Waals surface area contributed by atoms with E-state index in [0.29, 0.717) is 32.4 Å². The van der Waals surface area contributed by atoms with Gasteiger partial charge in [0.15, 0.2) is 11.3 Å². The van der Waals surface area contributed by atoms with Crippen molar-refractivity contribution >= 4 is 22.9 Å². The number of urea groups is 1. The first-order chi connectivity index (χ1) is 13.3. The normalized spacial score (nSPS) is 15.4. The Kier molecular flexibility index (Phi) is 5.90. The molecule has 6 nitrogen and oxygen atoms in total. The summed E-state index contributed by atoms with van der Waals surface area (Å²) in [5.41, 5.74) is 0.930. The first-order valence-corrected chi connectivity index (χ1v) is 9.37. The van der Waals surface area contributed by atoms with E-state index in [9.17, 15) is 22.8 Å². The zero-order valence-corrected chi connectivity index (χ0v) is 15.6. The van der Waals surface area contributed by atoms with Crippen molar-refractivity contribution in [2.45, 2.75) is 51.6 Å². The number of nitrogens with one attached hydrogen (secondary N) is 1. The molecule has 3 rings (SSSR count). The van der Waals surface area contributed by atoms with Crippen LogP contribution < -0.4 is 5.32 Å². The second kappa shape index (κ2) is 8.20. The summed E-state index contributed by atoms with van der Waals surface area (Å²) >= 11 is 0. The number of aryl methyl sites for hydroxylation is 2. The minimum atomic E-state index is -4.55. The Labute approximate surface area is 160 Å². The van der Waals surface area contributed by atoms with Gasteiger partial charge in [0.25, 0.3) is 0 Å². The Bertz CT molecular complexity index is 876. The molecule has 1 N–H and O–H groups in total. The predicted octanol–water partition coefficient (Wildman–Crippen LogP) is 4.06. The molecular formula is C19H22F3N3O3. The summed E-state index contributed by atoms with van der Waals surface area (Å²) in [5, 5.41) is 5.52. The number of hydrogen-bond donors (Lipinski definition) is 1. The number of carbonyl (C=O) groups excluding carboxylic acids is 2. The van der Waals surface area contributed by atoms with Crippen molar-refractivity contribution in [2.75, 3.05) is 13.1 Å². The van der Waals surface area contributed by atoms with Crippen LogP contribution in [0, 0.1) is 0 Å². The average Bonchev–Trinajstić information content (AvgIpc) is 3.06. The summed E-state index contributed by atoms with van der Waals surface area (Å²) in [7, 11) is 0. The first kappa shape index (κ1) is 20.2. The summed E-state index contributed by atoms with van der Waals surface area (Å²) in [5.74, 6) is -0.260. The number of hydrogen-bond acceptors (Lipinski definition) is 4. The molecule has 1 aromatic carbocycles. The molecule has 1 saturated heterocycles. The molecule has 2 heterocycles. The Balaban J connectivity index is 1.68. The van der Waals surface area contributed by atoms with E-state index in [1.54, 1.807) is 11.0 Å². The Morgan fingerprint density at radius 3 is 2.68 bits per heavy atom. The monoisotopic (exact) mass is 397 g/mol. The van der Waals surface area contributed by atoms with E-state index in [1.807, 2.05) is 6.92 Å². The largest absolute Gasteiger partial charge is 0.437 e. The number of fused-ring (bicyclic) bond motifs is 1. The van der Waals surface area contributed by atoms with Gasteiger partial charge in [-0.25, -0.2) is 4.79 Å². The maximum Gasteiger partial charge on any atom is 0.437 e. The fourth-order valence-electron chi connectivity index (χ4n) is 3.49. The van der Waals surface area contributed by atoms with E-state index in [0.717, 1.165) is 30.4 Å². The van der Waals surface area contributed by atoms with E-state index in [4.69, 9.17) is 4.52 Å². The van der Waals surface area contributed by atoms with Crippen molar-refractivity contribution in [1.82, 2.24) is 15.4 Å². The van der Waals surface area contributed by atoms with E-state index in [-0.39, 0.29) is 22.9 Å². The smallest absolute Gasteiger partial charge is 0.355 e. The molecule has 1 aromatic heterocycles. The Morgan fingerprint density at radius 1 is 1.21 bits per heavy atom. The molecule has 0 radical (unpaired) electrons. The molecule has 1 aliphatic rings. The zero-order valence-electron chi connectivity index (χ0n) is 15.6. The lowest BCUT2D eigenvalue weighted by atomic mass is 9.96. The van der Waals surface area contributed by atoms with Gasteiger partial charge in [0.1, 0.15) is 0 Å². The highest BCUT2D eigenvalue weighted by Crippen LogP contribution is 2.36. The lowest BCUT2D eigenvalue weighted by molar-refractivity contribution is -0.141. The summed E-state index contributed by atoms with van der Waals surface area (Å²) in [6, 6.07) is 2.77. The predicted molar refractivity (Wildman–Crippen MR) is 95.7 cm³/mol. The maximum atomic E-state index is 13.1. The van der Waals surface area contributed by atoms with Crippen molar-refractivity contribution in [3.8, 4) is 0 Å². The van der Waals surface area contributed by atoms with E-state index >= 15 is 0 Å². The molecule has 2 aromatic rings. The van der Waals surface area contributed by atoms with Crippen LogP contribution in [0.5, 0.6) is 0 Å². The van der Waals surface area contributed by atoms with Gasteiger partial charge in [-0.1, -0.05) is 24.6 Å². The third-order valence-electron chi connectivity index (χ3n) is 4.88. The number of halogens is 3. The molecule has 0 bridgehead atoms. The van der Waals surface area contributed by atoms with Gasteiger partial charge in [0.2, 0.25) is 5.91 Å². The van der Waals surface area contributed by atoms with Crippen LogP contribution in [0.25, 0.3) is 11.0 Å². The quantitative estimate of drug-likeness (QED) is 0.715. The van der Waals surface area contributed by atoms with Crippen LogP contribution in [-0.2, 0) is 23.8 Å². The molecule has 0 spiro atoms. The summed E-state index contributed by atoms with van der Waals surface area (Å²) in [6.45, 7) is 2.90. The lowest BCUT2D eigenvalue weighted by Crippen LogP contribution is -2.49. The fraction of sp³-hybridized carbons (Fsp3) is 0.526. The van der Waals surface area contributed by atoms with Crippen molar-refractivity contribution in [3.05, 3.63) is 29.0 Å². The SMILES string of the molecule is CCCc1c(CCCCN2CCC(=O)NC2=O)ccc2c(C(F)(F)F)noc12. The van der Waals surface area contributed by atoms with Crippen LogP contribution in [0.1, 0.15) is 49.4 Å². The highest BCUT2D eigenvalue weighted by atomic mass is 19.4. The van der Waals surface area contributed by atoms with Gasteiger partial charge in [0, 0.05) is 25.1 Å². The number of nitrogens with zero attached hydrogens (tertiary/aromatic N) is 2. The molecule has 0 aliphatic carbocycles. The minimum Gasteiger partial charge on any atom is -0.355 e. The van der Waals surface area contributed by atoms with Gasteiger partial charge in [-0.05, 0) is 37.3 Å². The minimum absolute atomic E-state index is 0.00523.